The van der Waals surface area contributed by atoms with Gasteiger partial charge in [-0.15, -0.1) is 0 Å². The number of benzene rings is 2. The van der Waals surface area contributed by atoms with Gasteiger partial charge in [0.15, 0.2) is 0 Å². The number of carbonyl (C=O) groups excluding carboxylic acids is 1. The van der Waals surface area contributed by atoms with Gasteiger partial charge < -0.3 is 14.4 Å². The third kappa shape index (κ3) is 5.50. The molecule has 5 nitrogen and oxygen atoms in total. The number of amides is 1. The summed E-state index contributed by atoms with van der Waals surface area (Å²) in [6, 6.07) is 6.39. The highest BCUT2D eigenvalue weighted by atomic mass is 19.4. The number of carbonyl (C=O) groups is 1. The summed E-state index contributed by atoms with van der Waals surface area (Å²) in [5, 5.41) is 0. The zero-order valence-corrected chi connectivity index (χ0v) is 21.2. The van der Waals surface area contributed by atoms with E-state index >= 15 is 0 Å². The molecule has 4 rings (SSSR count). The van der Waals surface area contributed by atoms with E-state index in [1.807, 2.05) is 0 Å². The second-order valence-electron chi connectivity index (χ2n) is 9.52. The normalized spacial score (nSPS) is 13.8. The van der Waals surface area contributed by atoms with Crippen LogP contribution in [-0.2, 0) is 32.4 Å². The van der Waals surface area contributed by atoms with Crippen LogP contribution in [0.2, 0.25) is 0 Å². The lowest BCUT2D eigenvalue weighted by Gasteiger charge is -2.32. The van der Waals surface area contributed by atoms with Crippen LogP contribution in [0.25, 0.3) is 11.1 Å². The molecular formula is C27H24F7N3O2. The molecule has 12 heteroatoms. The topological polar surface area (TPSA) is 45.6 Å². The van der Waals surface area contributed by atoms with Gasteiger partial charge in [0.2, 0.25) is 0 Å². The summed E-state index contributed by atoms with van der Waals surface area (Å²) in [6.07, 6.45) is -8.95. The van der Waals surface area contributed by atoms with Crippen molar-refractivity contribution >= 4 is 11.6 Å². The standard InChI is InChI=1S/C27H24F7N3O2/c1-35-10-4-5-20-22(35)21(16-6-8-19(28)9-7-16)23(37(3)24(20)38)25(39)36(2)14-15-11-17(26(29,30)31)13-18(12-15)27(32,33)34/h6-9,11-13H,4-5,10,14H2,1-3H3. The van der Waals surface area contributed by atoms with E-state index < -0.39 is 52.9 Å². The van der Waals surface area contributed by atoms with Gasteiger partial charge in [-0.1, -0.05) is 12.1 Å². The van der Waals surface area contributed by atoms with E-state index in [9.17, 15) is 40.3 Å². The van der Waals surface area contributed by atoms with Crippen LogP contribution in [0.1, 0.15) is 39.2 Å². The highest BCUT2D eigenvalue weighted by Gasteiger charge is 2.37. The molecular weight excluding hydrogens is 531 g/mol. The Hall–Kier alpha value is -3.83. The van der Waals surface area contributed by atoms with Crippen molar-refractivity contribution < 1.29 is 35.5 Å². The molecule has 1 amide bonds. The van der Waals surface area contributed by atoms with Crippen LogP contribution in [0.15, 0.2) is 47.3 Å². The van der Waals surface area contributed by atoms with Crippen molar-refractivity contribution in [1.82, 2.24) is 9.47 Å². The number of fused-ring (bicyclic) bond motifs is 1. The number of hydrogen-bond acceptors (Lipinski definition) is 3. The molecule has 0 N–H and O–H groups in total. The summed E-state index contributed by atoms with van der Waals surface area (Å²) in [4.78, 5) is 29.8. The molecule has 0 atom stereocenters. The molecule has 0 fully saturated rings. The summed E-state index contributed by atoms with van der Waals surface area (Å²) in [7, 11) is 4.33. The van der Waals surface area contributed by atoms with Crippen LogP contribution >= 0.6 is 0 Å². The molecule has 1 aliphatic rings. The van der Waals surface area contributed by atoms with Gasteiger partial charge in [-0.25, -0.2) is 4.39 Å². The van der Waals surface area contributed by atoms with Crippen LogP contribution in [0.4, 0.5) is 36.4 Å². The molecule has 208 valence electrons. The largest absolute Gasteiger partial charge is 0.416 e. The highest BCUT2D eigenvalue weighted by molar-refractivity contribution is 6.03. The minimum absolute atomic E-state index is 0.0149. The van der Waals surface area contributed by atoms with Crippen molar-refractivity contribution in [3.8, 4) is 11.1 Å². The van der Waals surface area contributed by atoms with Gasteiger partial charge in [0.25, 0.3) is 11.5 Å². The maximum absolute atomic E-state index is 13.8. The Labute approximate surface area is 219 Å². The second kappa shape index (κ2) is 10.0. The average Bonchev–Trinajstić information content (AvgIpc) is 2.85. The number of hydrogen-bond donors (Lipinski definition) is 0. The molecule has 0 saturated heterocycles. The lowest BCUT2D eigenvalue weighted by molar-refractivity contribution is -0.143. The number of halogens is 7. The molecule has 0 aliphatic carbocycles. The van der Waals surface area contributed by atoms with E-state index in [1.165, 1.54) is 38.4 Å². The first-order valence-corrected chi connectivity index (χ1v) is 11.9. The Morgan fingerprint density at radius 3 is 2.05 bits per heavy atom. The second-order valence-corrected chi connectivity index (χ2v) is 9.52. The maximum Gasteiger partial charge on any atom is 0.416 e. The van der Waals surface area contributed by atoms with E-state index in [0.29, 0.717) is 53.9 Å². The van der Waals surface area contributed by atoms with Crippen LogP contribution in [0.5, 0.6) is 0 Å². The average molecular weight is 555 g/mol. The molecule has 2 heterocycles. The molecule has 39 heavy (non-hydrogen) atoms. The first kappa shape index (κ1) is 28.2. The summed E-state index contributed by atoms with van der Waals surface area (Å²) >= 11 is 0. The maximum atomic E-state index is 13.8. The molecule has 0 bridgehead atoms. The summed E-state index contributed by atoms with van der Waals surface area (Å²) in [6.45, 7) is -0.0297. The third-order valence-electron chi connectivity index (χ3n) is 6.71. The fraction of sp³-hybridized carbons (Fsp3) is 0.333. The van der Waals surface area contributed by atoms with Crippen LogP contribution in [0.3, 0.4) is 0 Å². The van der Waals surface area contributed by atoms with Crippen molar-refractivity contribution in [2.75, 3.05) is 25.5 Å². The molecule has 3 aromatic rings. The Bertz CT molecular complexity index is 1440. The van der Waals surface area contributed by atoms with Gasteiger partial charge in [-0.2, -0.15) is 26.3 Å². The predicted octanol–water partition coefficient (Wildman–Crippen LogP) is 5.88. The number of alkyl halides is 6. The van der Waals surface area contributed by atoms with Gasteiger partial charge in [0.05, 0.1) is 16.8 Å². The Balaban J connectivity index is 1.86. The van der Waals surface area contributed by atoms with Crippen LogP contribution in [-0.4, -0.2) is 36.0 Å². The molecule has 0 unspecified atom stereocenters. The SMILES string of the molecule is CN(Cc1cc(C(F)(F)F)cc(C(F)(F)F)c1)C(=O)c1c(-c2ccc(F)cc2)c2c(c(=O)n1C)CCCN2C. The van der Waals surface area contributed by atoms with Crippen LogP contribution < -0.4 is 10.5 Å². The number of pyridine rings is 1. The van der Waals surface area contributed by atoms with Gasteiger partial charge in [-0.05, 0) is 54.3 Å². The predicted molar refractivity (Wildman–Crippen MR) is 131 cm³/mol. The van der Waals surface area contributed by atoms with Crippen molar-refractivity contribution in [2.24, 2.45) is 7.05 Å². The Morgan fingerprint density at radius 2 is 1.51 bits per heavy atom. The highest BCUT2D eigenvalue weighted by Crippen LogP contribution is 2.39. The third-order valence-corrected chi connectivity index (χ3v) is 6.71. The lowest BCUT2D eigenvalue weighted by Crippen LogP contribution is -2.38. The molecule has 1 aromatic heterocycles. The monoisotopic (exact) mass is 555 g/mol. The minimum Gasteiger partial charge on any atom is -0.374 e. The summed E-state index contributed by atoms with van der Waals surface area (Å²) < 4.78 is 94.9. The van der Waals surface area contributed by atoms with E-state index in [-0.39, 0.29) is 11.8 Å². The van der Waals surface area contributed by atoms with Crippen LogP contribution in [0, 0.1) is 5.82 Å². The molecule has 0 saturated carbocycles. The number of anilines is 1. The molecule has 0 spiro atoms. The van der Waals surface area contributed by atoms with E-state index in [4.69, 9.17) is 0 Å². The van der Waals surface area contributed by atoms with Crippen molar-refractivity contribution in [3.63, 3.8) is 0 Å². The molecule has 0 radical (unpaired) electrons. The fourth-order valence-electron chi connectivity index (χ4n) is 4.86. The molecule has 1 aliphatic heterocycles. The van der Waals surface area contributed by atoms with Gasteiger partial charge in [0, 0.05) is 45.4 Å². The van der Waals surface area contributed by atoms with Crippen molar-refractivity contribution in [2.45, 2.75) is 31.7 Å². The zero-order valence-electron chi connectivity index (χ0n) is 21.2. The quantitative estimate of drug-likeness (QED) is 0.378. The van der Waals surface area contributed by atoms with Gasteiger partial charge in [-0.3, -0.25) is 9.59 Å². The Kier molecular flexibility index (Phi) is 7.26. The zero-order chi connectivity index (χ0) is 28.9. The first-order chi connectivity index (χ1) is 18.1. The first-order valence-electron chi connectivity index (χ1n) is 11.9. The molecule has 2 aromatic carbocycles. The minimum atomic E-state index is -5.04. The van der Waals surface area contributed by atoms with Gasteiger partial charge in [0.1, 0.15) is 11.5 Å². The number of aromatic nitrogens is 1. The van der Waals surface area contributed by atoms with E-state index in [1.54, 1.807) is 11.9 Å². The fourth-order valence-corrected chi connectivity index (χ4v) is 4.86. The number of nitrogens with zero attached hydrogens (tertiary/aromatic N) is 3. The number of rotatable bonds is 4. The van der Waals surface area contributed by atoms with E-state index in [2.05, 4.69) is 0 Å². The van der Waals surface area contributed by atoms with E-state index in [0.717, 1.165) is 9.47 Å². The smallest absolute Gasteiger partial charge is 0.374 e. The van der Waals surface area contributed by atoms with Crippen molar-refractivity contribution in [1.29, 1.82) is 0 Å². The van der Waals surface area contributed by atoms with Gasteiger partial charge >= 0.3 is 12.4 Å². The lowest BCUT2D eigenvalue weighted by atomic mass is 9.93. The Morgan fingerprint density at radius 1 is 0.949 bits per heavy atom. The summed E-state index contributed by atoms with van der Waals surface area (Å²) in [5.74, 6) is -1.33. The van der Waals surface area contributed by atoms with Crippen molar-refractivity contribution in [3.05, 3.63) is 86.6 Å². The summed E-state index contributed by atoms with van der Waals surface area (Å²) in [5.41, 5.74) is -2.27.